The second-order valence-electron chi connectivity index (χ2n) is 8.60. The fraction of sp³-hybridized carbons (Fsp3) is 0.462. The summed E-state index contributed by atoms with van der Waals surface area (Å²) < 4.78 is 41.8. The number of ether oxygens (including phenoxy) is 1. The number of rotatable bonds is 8. The van der Waals surface area contributed by atoms with Crippen molar-refractivity contribution in [1.29, 1.82) is 0 Å². The van der Waals surface area contributed by atoms with Crippen LogP contribution in [0.3, 0.4) is 0 Å². The fourth-order valence-corrected chi connectivity index (χ4v) is 5.13. The van der Waals surface area contributed by atoms with Gasteiger partial charge in [-0.25, -0.2) is 0 Å². The Kier molecular flexibility index (Phi) is 7.86. The number of alkyl halides is 3. The third-order valence-corrected chi connectivity index (χ3v) is 7.11. The quantitative estimate of drug-likeness (QED) is 0.365. The van der Waals surface area contributed by atoms with E-state index < -0.39 is 6.36 Å². The molecule has 0 bridgehead atoms. The van der Waals surface area contributed by atoms with Crippen molar-refractivity contribution in [2.45, 2.75) is 64.1 Å². The van der Waals surface area contributed by atoms with Gasteiger partial charge in [-0.3, -0.25) is 0 Å². The molecule has 1 fully saturated rings. The lowest BCUT2D eigenvalue weighted by atomic mass is 9.80. The van der Waals surface area contributed by atoms with E-state index in [4.69, 9.17) is 0 Å². The summed E-state index contributed by atoms with van der Waals surface area (Å²) in [7, 11) is 2.08. The number of hydrogen-bond donors (Lipinski definition) is 0. The van der Waals surface area contributed by atoms with E-state index in [2.05, 4.69) is 56.0 Å². The summed E-state index contributed by atoms with van der Waals surface area (Å²) in [5.74, 6) is 0.512. The van der Waals surface area contributed by atoms with E-state index >= 15 is 0 Å². The molecule has 32 heavy (non-hydrogen) atoms. The third-order valence-electron chi connectivity index (χ3n) is 6.25. The largest absolute Gasteiger partial charge is 0.573 e. The van der Waals surface area contributed by atoms with Crippen LogP contribution in [0.1, 0.15) is 50.7 Å². The second-order valence-corrected chi connectivity index (χ2v) is 9.42. The van der Waals surface area contributed by atoms with Gasteiger partial charge in [-0.15, -0.1) is 24.9 Å². The van der Waals surface area contributed by atoms with Gasteiger partial charge in [0.15, 0.2) is 0 Å². The number of allylic oxidation sites excluding steroid dienone is 1. The van der Waals surface area contributed by atoms with Crippen LogP contribution in [-0.4, -0.2) is 19.7 Å². The first-order valence-electron chi connectivity index (χ1n) is 11.1. The molecule has 1 saturated carbocycles. The Bertz CT molecular complexity index is 963. The Morgan fingerprint density at radius 1 is 1.22 bits per heavy atom. The Balaban J connectivity index is 2.10. The van der Waals surface area contributed by atoms with Gasteiger partial charge in [-0.1, -0.05) is 43.9 Å². The highest BCUT2D eigenvalue weighted by Gasteiger charge is 2.31. The van der Waals surface area contributed by atoms with Gasteiger partial charge in [0.05, 0.1) is 5.69 Å². The highest BCUT2D eigenvalue weighted by atomic mass is 32.2. The summed E-state index contributed by atoms with van der Waals surface area (Å²) in [6.07, 6.45) is 5.45. The van der Waals surface area contributed by atoms with E-state index in [0.29, 0.717) is 5.92 Å². The molecule has 6 heteroatoms. The summed E-state index contributed by atoms with van der Waals surface area (Å²) in [6.45, 7) is 6.37. The molecule has 0 amide bonds. The molecule has 0 radical (unpaired) electrons. The lowest BCUT2D eigenvalue weighted by Crippen LogP contribution is -2.17. The molecule has 2 aromatic rings. The number of halogens is 3. The van der Waals surface area contributed by atoms with Crippen molar-refractivity contribution in [2.75, 3.05) is 18.2 Å². The summed E-state index contributed by atoms with van der Waals surface area (Å²) >= 11 is 1.77. The Labute approximate surface area is 193 Å². The summed E-state index contributed by atoms with van der Waals surface area (Å²) in [5, 5.41) is 0. The minimum atomic E-state index is -4.69. The predicted molar refractivity (Wildman–Crippen MR) is 129 cm³/mol. The van der Waals surface area contributed by atoms with E-state index in [1.807, 2.05) is 0 Å². The van der Waals surface area contributed by atoms with Gasteiger partial charge in [0, 0.05) is 18.1 Å². The van der Waals surface area contributed by atoms with Crippen LogP contribution in [0.15, 0.2) is 47.0 Å². The van der Waals surface area contributed by atoms with Gasteiger partial charge in [-0.05, 0) is 79.3 Å². The minimum Gasteiger partial charge on any atom is -0.406 e. The summed E-state index contributed by atoms with van der Waals surface area (Å²) in [4.78, 5) is 3.49. The first kappa shape index (κ1) is 24.6. The van der Waals surface area contributed by atoms with E-state index in [1.165, 1.54) is 53.1 Å². The van der Waals surface area contributed by atoms with Gasteiger partial charge in [0.25, 0.3) is 0 Å². The highest BCUT2D eigenvalue weighted by molar-refractivity contribution is 7.98. The van der Waals surface area contributed by atoms with Crippen LogP contribution in [-0.2, 0) is 6.42 Å². The van der Waals surface area contributed by atoms with Crippen molar-refractivity contribution in [3.8, 4) is 16.9 Å². The maximum Gasteiger partial charge on any atom is 0.573 e. The topological polar surface area (TPSA) is 12.5 Å². The Hall–Kier alpha value is -2.08. The molecule has 0 heterocycles. The molecule has 0 unspecified atom stereocenters. The summed E-state index contributed by atoms with van der Waals surface area (Å²) in [6, 6.07) is 8.45. The van der Waals surface area contributed by atoms with Crippen LogP contribution < -0.4 is 9.64 Å². The van der Waals surface area contributed by atoms with Crippen LogP contribution >= 0.6 is 11.8 Å². The number of thioether (sulfide) groups is 1. The van der Waals surface area contributed by atoms with Gasteiger partial charge in [0.2, 0.25) is 0 Å². The molecule has 0 aromatic heterocycles. The van der Waals surface area contributed by atoms with E-state index in [-0.39, 0.29) is 5.75 Å². The number of anilines is 1. The van der Waals surface area contributed by atoms with Crippen molar-refractivity contribution in [1.82, 2.24) is 0 Å². The lowest BCUT2D eigenvalue weighted by molar-refractivity contribution is -0.274. The molecule has 0 aliphatic heterocycles. The first-order valence-corrected chi connectivity index (χ1v) is 12.3. The zero-order valence-electron chi connectivity index (χ0n) is 19.5. The number of nitrogens with zero attached hydrogens (tertiary/aromatic N) is 1. The third kappa shape index (κ3) is 5.83. The van der Waals surface area contributed by atoms with Crippen molar-refractivity contribution in [3.63, 3.8) is 0 Å². The highest BCUT2D eigenvalue weighted by Crippen LogP contribution is 2.43. The van der Waals surface area contributed by atoms with Crippen molar-refractivity contribution in [2.24, 2.45) is 5.92 Å². The predicted octanol–water partition coefficient (Wildman–Crippen LogP) is 8.38. The maximum atomic E-state index is 12.6. The normalized spacial score (nSPS) is 14.9. The van der Waals surface area contributed by atoms with Crippen LogP contribution in [0.2, 0.25) is 0 Å². The Morgan fingerprint density at radius 3 is 2.38 bits per heavy atom. The molecule has 1 aliphatic rings. The molecule has 0 N–H and O–H groups in total. The molecule has 3 rings (SSSR count). The van der Waals surface area contributed by atoms with Crippen LogP contribution in [0.4, 0.5) is 18.9 Å². The molecular weight excluding hydrogens is 431 g/mol. The number of hydrogen-bond acceptors (Lipinski definition) is 3. The van der Waals surface area contributed by atoms with E-state index in [9.17, 15) is 13.2 Å². The van der Waals surface area contributed by atoms with Crippen LogP contribution in [0.25, 0.3) is 11.1 Å². The molecule has 0 spiro atoms. The summed E-state index contributed by atoms with van der Waals surface area (Å²) in [5.41, 5.74) is 6.86. The molecule has 1 aliphatic carbocycles. The van der Waals surface area contributed by atoms with Crippen LogP contribution in [0.5, 0.6) is 5.75 Å². The van der Waals surface area contributed by atoms with Gasteiger partial charge < -0.3 is 9.64 Å². The Morgan fingerprint density at radius 2 is 1.88 bits per heavy atom. The molecule has 0 saturated heterocycles. The maximum absolute atomic E-state index is 12.6. The zero-order chi connectivity index (χ0) is 23.5. The fourth-order valence-electron chi connectivity index (χ4n) is 4.23. The molecule has 2 aromatic carbocycles. The van der Waals surface area contributed by atoms with E-state index in [0.717, 1.165) is 29.5 Å². The second kappa shape index (κ2) is 10.2. The van der Waals surface area contributed by atoms with Crippen molar-refractivity contribution in [3.05, 3.63) is 53.2 Å². The zero-order valence-corrected chi connectivity index (χ0v) is 20.3. The minimum absolute atomic E-state index is 0.201. The average Bonchev–Trinajstić information content (AvgIpc) is 2.70. The molecular formula is C26H32F3NOS. The molecule has 2 nitrogen and oxygen atoms in total. The van der Waals surface area contributed by atoms with Gasteiger partial charge in [0.1, 0.15) is 5.75 Å². The smallest absolute Gasteiger partial charge is 0.406 e. The SMILES string of the molecule is CC/C(C)=C/N(C)c1c(C)c(-c2ccc(OC(F)(F)F)cc2)cc(CC2CCC2)c1SC. The van der Waals surface area contributed by atoms with Gasteiger partial charge >= 0.3 is 6.36 Å². The van der Waals surface area contributed by atoms with Gasteiger partial charge in [-0.2, -0.15) is 0 Å². The standard InChI is InChI=1S/C26H32F3NOS/c1-6-17(2)16-30(4)24-18(3)23(15-21(25(24)32-5)14-19-8-7-9-19)20-10-12-22(13-11-20)31-26(27,28)29/h10-13,15-16,19H,6-9,14H2,1-5H3/b17-16+. The van der Waals surface area contributed by atoms with Crippen molar-refractivity contribution >= 4 is 17.4 Å². The average molecular weight is 464 g/mol. The number of benzene rings is 2. The van der Waals surface area contributed by atoms with Crippen LogP contribution in [0, 0.1) is 12.8 Å². The monoisotopic (exact) mass is 463 g/mol. The van der Waals surface area contributed by atoms with Crippen molar-refractivity contribution < 1.29 is 17.9 Å². The first-order chi connectivity index (χ1) is 15.1. The van der Waals surface area contributed by atoms with E-state index in [1.54, 1.807) is 23.9 Å². The lowest BCUT2D eigenvalue weighted by Gasteiger charge is -2.30. The molecule has 174 valence electrons. The molecule has 0 atom stereocenters.